The monoisotopic (exact) mass is 761 g/mol. The van der Waals surface area contributed by atoms with E-state index in [1.807, 2.05) is 0 Å². The normalized spacial score (nSPS) is 11.9. The Labute approximate surface area is 351 Å². The Hall–Kier alpha value is -7.74. The number of fused-ring (bicyclic) bond motifs is 10. The van der Waals surface area contributed by atoms with Crippen LogP contribution in [0, 0.1) is 0 Å². The van der Waals surface area contributed by atoms with Gasteiger partial charge in [0.1, 0.15) is 0 Å². The van der Waals surface area contributed by atoms with Gasteiger partial charge >= 0.3 is 0 Å². The van der Waals surface area contributed by atoms with E-state index in [-0.39, 0.29) is 0 Å². The van der Waals surface area contributed by atoms with Crippen molar-refractivity contribution in [2.45, 2.75) is 6.42 Å². The molecule has 60 heavy (non-hydrogen) atoms. The highest BCUT2D eigenvalue weighted by molar-refractivity contribution is 6.18. The molecule has 0 unspecified atom stereocenters. The SMILES string of the molecule is c1ccc(N(c2ccc(-c3ccc4c5c(cccc35)-c3ccccc3-4)cc2)c2ccccc2-c2cccc3c2-c2ccccc2-c2ccccc2-c2ccccc2C3)cc1. The zero-order chi connectivity index (χ0) is 39.6. The number of hydrogen-bond acceptors (Lipinski definition) is 1. The van der Waals surface area contributed by atoms with E-state index in [4.69, 9.17) is 0 Å². The zero-order valence-electron chi connectivity index (χ0n) is 33.0. The van der Waals surface area contributed by atoms with Gasteiger partial charge in [-0.05, 0) is 131 Å². The highest BCUT2D eigenvalue weighted by atomic mass is 15.1. The molecule has 10 aromatic carbocycles. The average molecular weight is 762 g/mol. The summed E-state index contributed by atoms with van der Waals surface area (Å²) in [7, 11) is 0. The Morgan fingerprint density at radius 2 is 0.733 bits per heavy atom. The number of rotatable bonds is 5. The third kappa shape index (κ3) is 5.40. The maximum Gasteiger partial charge on any atom is 0.0540 e. The van der Waals surface area contributed by atoms with Crippen molar-refractivity contribution in [1.29, 1.82) is 0 Å². The zero-order valence-corrected chi connectivity index (χ0v) is 33.0. The van der Waals surface area contributed by atoms with Gasteiger partial charge in [-0.3, -0.25) is 0 Å². The molecule has 0 spiro atoms. The predicted octanol–water partition coefficient (Wildman–Crippen LogP) is 16.2. The summed E-state index contributed by atoms with van der Waals surface area (Å²) in [6, 6.07) is 82.8. The number of nitrogens with zero attached hydrogens (tertiary/aromatic N) is 1. The smallest absolute Gasteiger partial charge is 0.0540 e. The summed E-state index contributed by atoms with van der Waals surface area (Å²) in [6.07, 6.45) is 0.831. The minimum atomic E-state index is 0.831. The second kappa shape index (κ2) is 14.0. The first-order valence-electron chi connectivity index (χ1n) is 20.9. The highest BCUT2D eigenvalue weighted by Crippen LogP contribution is 2.51. The summed E-state index contributed by atoms with van der Waals surface area (Å²) in [4.78, 5) is 2.42. The third-order valence-corrected chi connectivity index (χ3v) is 12.7. The third-order valence-electron chi connectivity index (χ3n) is 12.7. The molecule has 0 saturated carbocycles. The molecule has 0 aromatic heterocycles. The van der Waals surface area contributed by atoms with Crippen LogP contribution >= 0.6 is 0 Å². The lowest BCUT2D eigenvalue weighted by Crippen LogP contribution is -2.11. The van der Waals surface area contributed by atoms with E-state index in [1.54, 1.807) is 0 Å². The van der Waals surface area contributed by atoms with Crippen LogP contribution < -0.4 is 4.90 Å². The van der Waals surface area contributed by atoms with E-state index < -0.39 is 0 Å². The van der Waals surface area contributed by atoms with Crippen LogP contribution in [0.15, 0.2) is 224 Å². The molecule has 0 radical (unpaired) electrons. The molecule has 0 N–H and O–H groups in total. The second-order valence-electron chi connectivity index (χ2n) is 15.9. The molecular formula is C59H39N. The van der Waals surface area contributed by atoms with Crippen molar-refractivity contribution >= 4 is 27.8 Å². The van der Waals surface area contributed by atoms with Crippen molar-refractivity contribution in [3.8, 4) is 77.9 Å². The van der Waals surface area contributed by atoms with Crippen LogP contribution in [-0.4, -0.2) is 0 Å². The molecule has 0 aliphatic heterocycles. The number of anilines is 3. The minimum Gasteiger partial charge on any atom is -0.310 e. The van der Waals surface area contributed by atoms with Crippen molar-refractivity contribution in [2.75, 3.05) is 4.90 Å². The van der Waals surface area contributed by atoms with Gasteiger partial charge in [0.25, 0.3) is 0 Å². The first-order chi connectivity index (χ1) is 29.8. The van der Waals surface area contributed by atoms with E-state index in [0.717, 1.165) is 23.5 Å². The van der Waals surface area contributed by atoms with Gasteiger partial charge in [0, 0.05) is 16.9 Å². The van der Waals surface area contributed by atoms with Crippen LogP contribution in [0.5, 0.6) is 0 Å². The first kappa shape index (κ1) is 34.3. The highest BCUT2D eigenvalue weighted by Gasteiger charge is 2.26. The first-order valence-corrected chi connectivity index (χ1v) is 20.9. The van der Waals surface area contributed by atoms with Gasteiger partial charge in [-0.15, -0.1) is 0 Å². The van der Waals surface area contributed by atoms with E-state index in [1.165, 1.54) is 99.8 Å². The van der Waals surface area contributed by atoms with Gasteiger partial charge in [-0.1, -0.05) is 194 Å². The molecule has 0 heterocycles. The summed E-state index contributed by atoms with van der Waals surface area (Å²) < 4.78 is 0. The minimum absolute atomic E-state index is 0.831. The fraction of sp³-hybridized carbons (Fsp3) is 0.0169. The molecule has 0 amide bonds. The fourth-order valence-corrected chi connectivity index (χ4v) is 10.1. The molecule has 2 aliphatic carbocycles. The topological polar surface area (TPSA) is 3.24 Å². The quantitative estimate of drug-likeness (QED) is 0.169. The summed E-state index contributed by atoms with van der Waals surface area (Å²) in [5.74, 6) is 0. The van der Waals surface area contributed by atoms with E-state index in [0.29, 0.717) is 0 Å². The lowest BCUT2D eigenvalue weighted by Gasteiger charge is -2.29. The molecule has 0 fully saturated rings. The standard InChI is InChI=1S/C59H39N/c1-2-18-42(19-3-1)60(43-34-32-39(33-35-43)45-36-37-56-50-25-9-8-24-49(50)54-30-15-29-52(45)59(54)56)57-31-13-12-26-51(57)55-28-14-17-41-38-40-16-4-5-20-44(40)46-21-6-7-22-47(46)48-23-10-11-27-53(48)58(41)55/h1-37H,38H2. The Morgan fingerprint density at radius 3 is 1.47 bits per heavy atom. The molecule has 280 valence electrons. The van der Waals surface area contributed by atoms with Crippen LogP contribution in [0.1, 0.15) is 11.1 Å². The van der Waals surface area contributed by atoms with Gasteiger partial charge in [0.15, 0.2) is 0 Å². The Bertz CT molecular complexity index is 3250. The lowest BCUT2D eigenvalue weighted by molar-refractivity contribution is 1.20. The molecular weight excluding hydrogens is 723 g/mol. The Balaban J connectivity index is 1.03. The van der Waals surface area contributed by atoms with Gasteiger partial charge in [-0.25, -0.2) is 0 Å². The molecule has 0 bridgehead atoms. The van der Waals surface area contributed by atoms with Gasteiger partial charge in [0.2, 0.25) is 0 Å². The van der Waals surface area contributed by atoms with Crippen LogP contribution in [-0.2, 0) is 6.42 Å². The second-order valence-corrected chi connectivity index (χ2v) is 15.9. The van der Waals surface area contributed by atoms with Gasteiger partial charge < -0.3 is 4.90 Å². The summed E-state index contributed by atoms with van der Waals surface area (Å²) in [5, 5.41) is 2.64. The number of benzene rings is 10. The van der Waals surface area contributed by atoms with Crippen molar-refractivity contribution < 1.29 is 0 Å². The predicted molar refractivity (Wildman–Crippen MR) is 253 cm³/mol. The van der Waals surface area contributed by atoms with Crippen LogP contribution in [0.25, 0.3) is 88.7 Å². The number of hydrogen-bond donors (Lipinski definition) is 0. The molecule has 1 heteroatoms. The van der Waals surface area contributed by atoms with E-state index >= 15 is 0 Å². The summed E-state index contributed by atoms with van der Waals surface area (Å²) >= 11 is 0. The van der Waals surface area contributed by atoms with Gasteiger partial charge in [0.05, 0.1) is 5.69 Å². The summed E-state index contributed by atoms with van der Waals surface area (Å²) in [6.45, 7) is 0. The maximum absolute atomic E-state index is 2.42. The number of para-hydroxylation sites is 2. The molecule has 2 aliphatic rings. The average Bonchev–Trinajstić information content (AvgIpc) is 3.66. The lowest BCUT2D eigenvalue weighted by atomic mass is 9.85. The van der Waals surface area contributed by atoms with Crippen molar-refractivity contribution in [3.05, 3.63) is 236 Å². The molecule has 0 atom stereocenters. The van der Waals surface area contributed by atoms with E-state index in [9.17, 15) is 0 Å². The Morgan fingerprint density at radius 1 is 0.267 bits per heavy atom. The van der Waals surface area contributed by atoms with Crippen molar-refractivity contribution in [2.24, 2.45) is 0 Å². The summed E-state index contributed by atoms with van der Waals surface area (Å²) in [5.41, 5.74) is 23.8. The Kier molecular flexibility index (Phi) is 7.99. The van der Waals surface area contributed by atoms with Gasteiger partial charge in [-0.2, -0.15) is 0 Å². The van der Waals surface area contributed by atoms with E-state index in [2.05, 4.69) is 229 Å². The van der Waals surface area contributed by atoms with Crippen LogP contribution in [0.2, 0.25) is 0 Å². The molecule has 1 nitrogen and oxygen atoms in total. The molecule has 12 rings (SSSR count). The molecule has 0 saturated heterocycles. The van der Waals surface area contributed by atoms with Crippen LogP contribution in [0.4, 0.5) is 17.1 Å². The van der Waals surface area contributed by atoms with Crippen LogP contribution in [0.3, 0.4) is 0 Å². The fourth-order valence-electron chi connectivity index (χ4n) is 10.1. The molecule has 10 aromatic rings. The van der Waals surface area contributed by atoms with Crippen molar-refractivity contribution in [3.63, 3.8) is 0 Å². The largest absolute Gasteiger partial charge is 0.310 e. The van der Waals surface area contributed by atoms with Crippen molar-refractivity contribution in [1.82, 2.24) is 0 Å². The maximum atomic E-state index is 2.42.